The largest absolute Gasteiger partial charge is 0.378 e. The van der Waals surface area contributed by atoms with Crippen LogP contribution in [0.25, 0.3) is 0 Å². The highest BCUT2D eigenvalue weighted by Crippen LogP contribution is 2.17. The predicted molar refractivity (Wildman–Crippen MR) is 46.9 cm³/mol. The van der Waals surface area contributed by atoms with Crippen molar-refractivity contribution in [2.75, 3.05) is 13.2 Å². The predicted octanol–water partition coefficient (Wildman–Crippen LogP) is 0.863. The summed E-state index contributed by atoms with van der Waals surface area (Å²) in [5, 5.41) is 0. The molecule has 3 heteroatoms. The molecule has 0 amide bonds. The van der Waals surface area contributed by atoms with Crippen molar-refractivity contribution < 1.29 is 9.53 Å². The van der Waals surface area contributed by atoms with Gasteiger partial charge in [-0.2, -0.15) is 0 Å². The molecular weight excluding hydrogens is 154 g/mol. The maximum atomic E-state index is 10.8. The molecule has 0 radical (unpaired) electrons. The maximum absolute atomic E-state index is 10.8. The van der Waals surface area contributed by atoms with Crippen molar-refractivity contribution in [1.82, 2.24) is 0 Å². The Balaban J connectivity index is 1.97. The van der Waals surface area contributed by atoms with Crippen molar-refractivity contribution in [3.63, 3.8) is 0 Å². The molecule has 1 rings (SSSR count). The number of rotatable bonds is 5. The van der Waals surface area contributed by atoms with Crippen LogP contribution in [0, 0.1) is 0 Å². The van der Waals surface area contributed by atoms with E-state index in [0.717, 1.165) is 25.9 Å². The molecule has 1 atom stereocenters. The Labute approximate surface area is 73.3 Å². The number of carbonyl (C=O) groups is 1. The summed E-state index contributed by atoms with van der Waals surface area (Å²) in [6, 6.07) is 0. The van der Waals surface area contributed by atoms with Crippen LogP contribution in [0.5, 0.6) is 0 Å². The van der Waals surface area contributed by atoms with Crippen LogP contribution < -0.4 is 5.73 Å². The van der Waals surface area contributed by atoms with Gasteiger partial charge in [0.05, 0.1) is 12.6 Å². The van der Waals surface area contributed by atoms with Gasteiger partial charge in [-0.1, -0.05) is 0 Å². The summed E-state index contributed by atoms with van der Waals surface area (Å²) in [5.41, 5.74) is 5.19. The van der Waals surface area contributed by atoms with Crippen LogP contribution in [0.15, 0.2) is 0 Å². The first-order valence-corrected chi connectivity index (χ1v) is 4.66. The monoisotopic (exact) mass is 171 g/mol. The van der Waals surface area contributed by atoms with Crippen LogP contribution in [-0.2, 0) is 9.53 Å². The molecule has 1 aliphatic rings. The summed E-state index contributed by atoms with van der Waals surface area (Å²) in [7, 11) is 0. The first-order chi connectivity index (χ1) is 5.83. The van der Waals surface area contributed by atoms with Crippen LogP contribution in [0.4, 0.5) is 0 Å². The molecule has 1 aliphatic heterocycles. The molecule has 0 spiro atoms. The number of carbonyl (C=O) groups excluding carboxylic acids is 1. The van der Waals surface area contributed by atoms with Crippen molar-refractivity contribution in [3.8, 4) is 0 Å². The SMILES string of the molecule is NCC(=O)CCCC1CCCO1. The second-order valence-corrected chi connectivity index (χ2v) is 3.27. The molecule has 1 saturated heterocycles. The lowest BCUT2D eigenvalue weighted by Gasteiger charge is -2.07. The van der Waals surface area contributed by atoms with Gasteiger partial charge in [0.2, 0.25) is 0 Å². The number of ether oxygens (including phenoxy) is 1. The minimum Gasteiger partial charge on any atom is -0.378 e. The van der Waals surface area contributed by atoms with Gasteiger partial charge in [0.1, 0.15) is 5.78 Å². The molecule has 0 saturated carbocycles. The van der Waals surface area contributed by atoms with Gasteiger partial charge in [-0.05, 0) is 25.7 Å². The van der Waals surface area contributed by atoms with E-state index in [1.165, 1.54) is 6.42 Å². The highest BCUT2D eigenvalue weighted by Gasteiger charge is 2.14. The summed E-state index contributed by atoms with van der Waals surface area (Å²) in [6.07, 6.45) is 5.32. The molecule has 12 heavy (non-hydrogen) atoms. The molecule has 3 nitrogen and oxygen atoms in total. The lowest BCUT2D eigenvalue weighted by atomic mass is 10.1. The van der Waals surface area contributed by atoms with E-state index >= 15 is 0 Å². The quantitative estimate of drug-likeness (QED) is 0.667. The van der Waals surface area contributed by atoms with Crippen LogP contribution >= 0.6 is 0 Å². The van der Waals surface area contributed by atoms with E-state index in [9.17, 15) is 4.79 Å². The molecule has 0 bridgehead atoms. The smallest absolute Gasteiger partial charge is 0.146 e. The van der Waals surface area contributed by atoms with E-state index in [1.54, 1.807) is 0 Å². The first-order valence-electron chi connectivity index (χ1n) is 4.66. The second kappa shape index (κ2) is 5.27. The van der Waals surface area contributed by atoms with E-state index in [4.69, 9.17) is 10.5 Å². The summed E-state index contributed by atoms with van der Waals surface area (Å²) in [5.74, 6) is 0.160. The Hall–Kier alpha value is -0.410. The van der Waals surface area contributed by atoms with Crippen LogP contribution in [-0.4, -0.2) is 25.0 Å². The Bertz CT molecular complexity index is 141. The van der Waals surface area contributed by atoms with Gasteiger partial charge in [0.15, 0.2) is 0 Å². The summed E-state index contributed by atoms with van der Waals surface area (Å²) < 4.78 is 5.43. The normalized spacial score (nSPS) is 22.9. The summed E-state index contributed by atoms with van der Waals surface area (Å²) in [4.78, 5) is 10.8. The maximum Gasteiger partial charge on any atom is 0.146 e. The molecule has 1 fully saturated rings. The number of hydrogen-bond donors (Lipinski definition) is 1. The third-order valence-corrected chi connectivity index (χ3v) is 2.23. The van der Waals surface area contributed by atoms with Gasteiger partial charge in [-0.25, -0.2) is 0 Å². The van der Waals surface area contributed by atoms with Crippen molar-refractivity contribution in [2.24, 2.45) is 5.73 Å². The molecule has 1 heterocycles. The minimum atomic E-state index is 0.160. The Morgan fingerprint density at radius 3 is 3.00 bits per heavy atom. The minimum absolute atomic E-state index is 0.160. The summed E-state index contributed by atoms with van der Waals surface area (Å²) in [6.45, 7) is 1.08. The van der Waals surface area contributed by atoms with Crippen molar-refractivity contribution in [3.05, 3.63) is 0 Å². The molecule has 0 aromatic rings. The average molecular weight is 171 g/mol. The van der Waals surface area contributed by atoms with Gasteiger partial charge in [-0.15, -0.1) is 0 Å². The molecule has 0 aromatic heterocycles. The Morgan fingerprint density at radius 2 is 2.42 bits per heavy atom. The fraction of sp³-hybridized carbons (Fsp3) is 0.889. The van der Waals surface area contributed by atoms with Crippen LogP contribution in [0.2, 0.25) is 0 Å². The zero-order chi connectivity index (χ0) is 8.81. The highest BCUT2D eigenvalue weighted by molar-refractivity contribution is 5.80. The van der Waals surface area contributed by atoms with Gasteiger partial charge >= 0.3 is 0 Å². The summed E-state index contributed by atoms with van der Waals surface area (Å²) >= 11 is 0. The van der Waals surface area contributed by atoms with Gasteiger partial charge in [0.25, 0.3) is 0 Å². The Morgan fingerprint density at radius 1 is 1.58 bits per heavy atom. The Kier molecular flexibility index (Phi) is 4.25. The third kappa shape index (κ3) is 3.32. The molecular formula is C9H17NO2. The lowest BCUT2D eigenvalue weighted by molar-refractivity contribution is -0.117. The average Bonchev–Trinajstić information content (AvgIpc) is 2.57. The number of nitrogens with two attached hydrogens (primary N) is 1. The first kappa shape index (κ1) is 9.68. The second-order valence-electron chi connectivity index (χ2n) is 3.27. The van der Waals surface area contributed by atoms with E-state index < -0.39 is 0 Å². The van der Waals surface area contributed by atoms with Gasteiger partial charge in [-0.3, -0.25) is 4.79 Å². The van der Waals surface area contributed by atoms with Gasteiger partial charge < -0.3 is 10.5 Å². The standard InChI is InChI=1S/C9H17NO2/c10-7-8(11)3-1-4-9-5-2-6-12-9/h9H,1-7,10H2. The van der Waals surface area contributed by atoms with E-state index in [2.05, 4.69) is 0 Å². The van der Waals surface area contributed by atoms with Crippen molar-refractivity contribution in [2.45, 2.75) is 38.2 Å². The van der Waals surface area contributed by atoms with Crippen molar-refractivity contribution >= 4 is 5.78 Å². The molecule has 2 N–H and O–H groups in total. The van der Waals surface area contributed by atoms with E-state index in [0.29, 0.717) is 12.5 Å². The topological polar surface area (TPSA) is 52.3 Å². The number of Topliss-reactive ketones (excluding diaryl/α,β-unsaturated/α-hetero) is 1. The molecule has 0 aromatic carbocycles. The third-order valence-electron chi connectivity index (χ3n) is 2.23. The van der Waals surface area contributed by atoms with E-state index in [1.807, 2.05) is 0 Å². The number of hydrogen-bond acceptors (Lipinski definition) is 3. The molecule has 0 aliphatic carbocycles. The van der Waals surface area contributed by atoms with Crippen LogP contribution in [0.3, 0.4) is 0 Å². The lowest BCUT2D eigenvalue weighted by Crippen LogP contribution is -2.14. The molecule has 1 unspecified atom stereocenters. The fourth-order valence-electron chi connectivity index (χ4n) is 1.50. The molecule has 70 valence electrons. The van der Waals surface area contributed by atoms with Crippen LogP contribution in [0.1, 0.15) is 32.1 Å². The fourth-order valence-corrected chi connectivity index (χ4v) is 1.50. The number of ketones is 1. The highest BCUT2D eigenvalue weighted by atomic mass is 16.5. The van der Waals surface area contributed by atoms with Crippen molar-refractivity contribution in [1.29, 1.82) is 0 Å². The van der Waals surface area contributed by atoms with E-state index in [-0.39, 0.29) is 12.3 Å². The zero-order valence-electron chi connectivity index (χ0n) is 7.42. The zero-order valence-corrected chi connectivity index (χ0v) is 7.42. The van der Waals surface area contributed by atoms with Gasteiger partial charge in [0, 0.05) is 13.0 Å².